The zero-order valence-corrected chi connectivity index (χ0v) is 8.63. The summed E-state index contributed by atoms with van der Waals surface area (Å²) in [4.78, 5) is 17.4. The molecule has 4 heteroatoms. The van der Waals surface area contributed by atoms with E-state index in [0.29, 0.717) is 5.15 Å². The fraction of sp³-hybridized carbons (Fsp3) is 0. The van der Waals surface area contributed by atoms with Gasteiger partial charge in [0.15, 0.2) is 0 Å². The van der Waals surface area contributed by atoms with Crippen molar-refractivity contribution in [1.29, 1.82) is 0 Å². The lowest BCUT2D eigenvalue weighted by Crippen LogP contribution is -1.73. The molecule has 0 N–H and O–H groups in total. The molecule has 2 rings (SSSR count). The molecule has 76 valence electrons. The van der Waals surface area contributed by atoms with Gasteiger partial charge in [-0.25, -0.2) is 4.98 Å². The van der Waals surface area contributed by atoms with E-state index in [1.54, 1.807) is 24.5 Å². The molecule has 0 radical (unpaired) electrons. The van der Waals surface area contributed by atoms with Crippen molar-refractivity contribution in [1.82, 2.24) is 9.97 Å². The van der Waals surface area contributed by atoms with Crippen LogP contribution in [0.4, 0.5) is 0 Å². The highest BCUT2D eigenvalue weighted by atomic mass is 35.5. The van der Waals surface area contributed by atoms with Gasteiger partial charge in [-0.15, -0.1) is 0 Å². The molecule has 0 fully saturated rings. The van der Waals surface area contributed by atoms with E-state index in [4.69, 9.17) is 11.6 Å². The molecule has 2 aromatic rings. The van der Waals surface area contributed by atoms with Gasteiger partial charge in [0.25, 0.3) is 0 Å². The number of aromatic nitrogens is 2. The van der Waals surface area contributed by atoms with Crippen LogP contribution in [0.25, 0.3) is 0 Å². The van der Waals surface area contributed by atoms with E-state index in [2.05, 4.69) is 9.97 Å². The summed E-state index contributed by atoms with van der Waals surface area (Å²) >= 11 is 5.37. The Morgan fingerprint density at radius 3 is 2.20 bits per heavy atom. The molecule has 1 aromatic heterocycles. The molecular weight excluding hydrogens is 212 g/mol. The van der Waals surface area contributed by atoms with Crippen LogP contribution < -0.4 is 0 Å². The van der Waals surface area contributed by atoms with Gasteiger partial charge < -0.3 is 0 Å². The summed E-state index contributed by atoms with van der Waals surface area (Å²) < 4.78 is 0. The van der Waals surface area contributed by atoms with E-state index >= 15 is 0 Å². The second-order valence-corrected chi connectivity index (χ2v) is 2.94. The Kier molecular flexibility index (Phi) is 5.04. The lowest BCUT2D eigenvalue weighted by molar-refractivity contribution is 0.112. The number of benzene rings is 1. The second-order valence-electron chi connectivity index (χ2n) is 2.56. The number of rotatable bonds is 1. The van der Waals surface area contributed by atoms with Crippen LogP contribution in [0.3, 0.4) is 0 Å². The Bertz CT molecular complexity index is 392. The first-order valence-electron chi connectivity index (χ1n) is 4.24. The number of aldehydes is 1. The van der Waals surface area contributed by atoms with Gasteiger partial charge in [0.1, 0.15) is 11.4 Å². The molecule has 15 heavy (non-hydrogen) atoms. The molecule has 0 aliphatic heterocycles. The topological polar surface area (TPSA) is 42.9 Å². The van der Waals surface area contributed by atoms with Crippen molar-refractivity contribution in [3.8, 4) is 0 Å². The molecule has 1 heterocycles. The summed E-state index contributed by atoms with van der Waals surface area (Å²) in [6.07, 6.45) is 5.44. The molecule has 3 nitrogen and oxygen atoms in total. The lowest BCUT2D eigenvalue weighted by atomic mass is 10.2. The monoisotopic (exact) mass is 220 g/mol. The SMILES string of the molecule is Clc1cnccn1.O=Cc1ccccc1. The van der Waals surface area contributed by atoms with Gasteiger partial charge >= 0.3 is 0 Å². The smallest absolute Gasteiger partial charge is 0.150 e. The van der Waals surface area contributed by atoms with Crippen molar-refractivity contribution in [3.05, 3.63) is 59.6 Å². The van der Waals surface area contributed by atoms with Crippen LogP contribution in [0.5, 0.6) is 0 Å². The van der Waals surface area contributed by atoms with Crippen LogP contribution in [0.15, 0.2) is 48.9 Å². The van der Waals surface area contributed by atoms with Crippen LogP contribution in [-0.4, -0.2) is 16.3 Å². The Morgan fingerprint density at radius 1 is 1.13 bits per heavy atom. The van der Waals surface area contributed by atoms with E-state index in [1.165, 1.54) is 6.20 Å². The van der Waals surface area contributed by atoms with Gasteiger partial charge in [0.05, 0.1) is 6.20 Å². The Hall–Kier alpha value is -1.74. The summed E-state index contributed by atoms with van der Waals surface area (Å²) in [6.45, 7) is 0. The third-order valence-electron chi connectivity index (χ3n) is 1.47. The maximum atomic E-state index is 10.0. The molecule has 0 unspecified atom stereocenters. The van der Waals surface area contributed by atoms with Gasteiger partial charge in [0.2, 0.25) is 0 Å². The first kappa shape index (κ1) is 11.3. The standard InChI is InChI=1S/C7H6O.C4H3ClN2/c8-6-7-4-2-1-3-5-7;5-4-3-6-1-2-7-4/h1-6H;1-3H. The number of carbonyl (C=O) groups excluding carboxylic acids is 1. The van der Waals surface area contributed by atoms with Crippen LogP contribution in [0, 0.1) is 0 Å². The molecule has 0 saturated heterocycles. The molecule has 0 amide bonds. The quantitative estimate of drug-likeness (QED) is 0.694. The summed E-state index contributed by atoms with van der Waals surface area (Å²) in [5, 5.41) is 0.433. The average molecular weight is 221 g/mol. The minimum Gasteiger partial charge on any atom is -0.298 e. The molecule has 0 bridgehead atoms. The van der Waals surface area contributed by atoms with Crippen LogP contribution in [0.2, 0.25) is 5.15 Å². The number of hydrogen-bond donors (Lipinski definition) is 0. The van der Waals surface area contributed by atoms with Gasteiger partial charge in [0, 0.05) is 18.0 Å². The number of hydrogen-bond acceptors (Lipinski definition) is 3. The molecule has 1 aromatic carbocycles. The number of halogens is 1. The lowest BCUT2D eigenvalue weighted by Gasteiger charge is -1.81. The molecule has 0 aliphatic rings. The Balaban J connectivity index is 0.000000151. The van der Waals surface area contributed by atoms with E-state index < -0.39 is 0 Å². The summed E-state index contributed by atoms with van der Waals surface area (Å²) in [6, 6.07) is 9.10. The summed E-state index contributed by atoms with van der Waals surface area (Å²) in [5.74, 6) is 0. The zero-order valence-electron chi connectivity index (χ0n) is 7.88. The van der Waals surface area contributed by atoms with Crippen molar-refractivity contribution in [2.24, 2.45) is 0 Å². The minimum atomic E-state index is 0.433. The third kappa shape index (κ3) is 4.88. The first-order valence-corrected chi connectivity index (χ1v) is 4.62. The van der Waals surface area contributed by atoms with Crippen LogP contribution in [-0.2, 0) is 0 Å². The largest absolute Gasteiger partial charge is 0.298 e. The molecule has 0 aliphatic carbocycles. The van der Waals surface area contributed by atoms with Crippen LogP contribution >= 0.6 is 11.6 Å². The minimum absolute atomic E-state index is 0.433. The fourth-order valence-corrected chi connectivity index (χ4v) is 0.925. The third-order valence-corrected chi connectivity index (χ3v) is 1.66. The van der Waals surface area contributed by atoms with Gasteiger partial charge in [-0.05, 0) is 0 Å². The van der Waals surface area contributed by atoms with Gasteiger partial charge in [-0.1, -0.05) is 41.9 Å². The molecule has 0 spiro atoms. The number of carbonyl (C=O) groups is 1. The number of nitrogens with zero attached hydrogens (tertiary/aromatic N) is 2. The molecule has 0 atom stereocenters. The second kappa shape index (κ2) is 6.68. The highest BCUT2D eigenvalue weighted by Gasteiger charge is 1.80. The predicted octanol–water partition coefficient (Wildman–Crippen LogP) is 2.63. The Labute approximate surface area is 92.8 Å². The average Bonchev–Trinajstić information content (AvgIpc) is 2.32. The fourth-order valence-electron chi connectivity index (χ4n) is 0.813. The maximum absolute atomic E-state index is 10.0. The predicted molar refractivity (Wildman–Crippen MR) is 58.9 cm³/mol. The maximum Gasteiger partial charge on any atom is 0.150 e. The first-order chi connectivity index (χ1) is 7.33. The van der Waals surface area contributed by atoms with Crippen LogP contribution in [0.1, 0.15) is 10.4 Å². The van der Waals surface area contributed by atoms with Crippen molar-refractivity contribution < 1.29 is 4.79 Å². The van der Waals surface area contributed by atoms with Crippen molar-refractivity contribution in [2.75, 3.05) is 0 Å². The van der Waals surface area contributed by atoms with Gasteiger partial charge in [-0.3, -0.25) is 9.78 Å². The van der Waals surface area contributed by atoms with Crippen molar-refractivity contribution in [3.63, 3.8) is 0 Å². The highest BCUT2D eigenvalue weighted by Crippen LogP contribution is 1.95. The highest BCUT2D eigenvalue weighted by molar-refractivity contribution is 6.29. The van der Waals surface area contributed by atoms with E-state index in [9.17, 15) is 4.79 Å². The zero-order chi connectivity index (χ0) is 10.9. The Morgan fingerprint density at radius 2 is 1.87 bits per heavy atom. The van der Waals surface area contributed by atoms with E-state index in [-0.39, 0.29) is 0 Å². The van der Waals surface area contributed by atoms with Gasteiger partial charge in [-0.2, -0.15) is 0 Å². The molecule has 0 saturated carbocycles. The van der Waals surface area contributed by atoms with E-state index in [1.807, 2.05) is 18.2 Å². The van der Waals surface area contributed by atoms with Crippen molar-refractivity contribution >= 4 is 17.9 Å². The van der Waals surface area contributed by atoms with E-state index in [0.717, 1.165) is 11.8 Å². The molecular formula is C11H9ClN2O. The normalized spacial score (nSPS) is 8.60. The summed E-state index contributed by atoms with van der Waals surface area (Å²) in [7, 11) is 0. The summed E-state index contributed by atoms with van der Waals surface area (Å²) in [5.41, 5.74) is 0.729. The van der Waals surface area contributed by atoms with Crippen molar-refractivity contribution in [2.45, 2.75) is 0 Å².